The van der Waals surface area contributed by atoms with Crippen LogP contribution in [0.3, 0.4) is 0 Å². The quantitative estimate of drug-likeness (QED) is 0.527. The maximum absolute atomic E-state index is 8.35. The molecule has 0 atom stereocenters. The smallest absolute Gasteiger partial charge is 0.222 e. The Hall–Kier alpha value is -2.80. The van der Waals surface area contributed by atoms with Crippen LogP contribution in [0.1, 0.15) is 29.7 Å². The van der Waals surface area contributed by atoms with E-state index in [2.05, 4.69) is 76.2 Å². The van der Waals surface area contributed by atoms with Crippen molar-refractivity contribution >= 4 is 12.2 Å². The van der Waals surface area contributed by atoms with Crippen LogP contribution in [0.4, 0.5) is 0 Å². The van der Waals surface area contributed by atoms with Crippen molar-refractivity contribution in [2.75, 3.05) is 0 Å². The lowest BCUT2D eigenvalue weighted by molar-refractivity contribution is 0.562. The molecule has 0 amide bonds. The summed E-state index contributed by atoms with van der Waals surface area (Å²) in [6, 6.07) is 16.9. The number of aryl methyl sites for hydroxylation is 4. The summed E-state index contributed by atoms with van der Waals surface area (Å²) in [4.78, 5) is 16.7. The van der Waals surface area contributed by atoms with E-state index in [1.165, 1.54) is 22.3 Å². The molecule has 0 aliphatic carbocycles. The molecule has 0 fully saturated rings. The average Bonchev–Trinajstić information content (AvgIpc) is 2.40. The Morgan fingerprint density at radius 3 is 0.913 bits per heavy atom. The number of nitrogens with one attached hydrogen (secondary N) is 2. The molecule has 2 aromatic carbocycles. The van der Waals surface area contributed by atoms with Crippen molar-refractivity contribution in [1.29, 1.82) is 10.8 Å². The van der Waals surface area contributed by atoms with Crippen molar-refractivity contribution in [3.63, 3.8) is 0 Å². The van der Waals surface area contributed by atoms with Gasteiger partial charge in [0.15, 0.2) is 0 Å². The second kappa shape index (κ2) is 17.3. The summed E-state index contributed by atoms with van der Waals surface area (Å²) in [5.74, 6) is 0. The van der Waals surface area contributed by atoms with Crippen molar-refractivity contribution < 1.29 is 9.59 Å². The third-order valence-electron chi connectivity index (χ3n) is 2.35. The van der Waals surface area contributed by atoms with Crippen molar-refractivity contribution in [1.82, 2.24) is 0 Å². The molecule has 0 aromatic heterocycles. The van der Waals surface area contributed by atoms with Crippen LogP contribution in [-0.4, -0.2) is 12.2 Å². The van der Waals surface area contributed by atoms with Gasteiger partial charge in [-0.05, 0) is 27.7 Å². The van der Waals surface area contributed by atoms with Gasteiger partial charge in [-0.1, -0.05) is 78.2 Å². The van der Waals surface area contributed by atoms with Gasteiger partial charge >= 0.3 is 0 Å². The predicted molar refractivity (Wildman–Crippen MR) is 95.4 cm³/mol. The van der Waals surface area contributed by atoms with Crippen molar-refractivity contribution in [3.8, 4) is 0 Å². The molecule has 23 heavy (non-hydrogen) atoms. The van der Waals surface area contributed by atoms with Gasteiger partial charge in [-0.25, -0.2) is 20.4 Å². The summed E-state index contributed by atoms with van der Waals surface area (Å²) in [7, 11) is 0. The van der Waals surface area contributed by atoms with E-state index in [-0.39, 0.29) is 7.43 Å². The van der Waals surface area contributed by atoms with Gasteiger partial charge in [0, 0.05) is 0 Å². The van der Waals surface area contributed by atoms with Crippen LogP contribution in [0.15, 0.2) is 48.5 Å². The van der Waals surface area contributed by atoms with Gasteiger partial charge in [0.2, 0.25) is 12.2 Å². The molecule has 0 bridgehead atoms. The molecule has 4 nitrogen and oxygen atoms in total. The van der Waals surface area contributed by atoms with E-state index >= 15 is 0 Å². The molecule has 0 spiro atoms. The number of isocyanates is 2. The zero-order valence-electron chi connectivity index (χ0n) is 13.4. The van der Waals surface area contributed by atoms with Crippen LogP contribution < -0.4 is 0 Å². The summed E-state index contributed by atoms with van der Waals surface area (Å²) < 4.78 is 0. The highest BCUT2D eigenvalue weighted by atomic mass is 16.1. The maximum Gasteiger partial charge on any atom is 0.231 e. The molecule has 124 valence electrons. The largest absolute Gasteiger partial charge is 0.231 e. The highest BCUT2D eigenvalue weighted by molar-refractivity contribution is 5.26. The molecule has 0 radical (unpaired) electrons. The second-order valence-electron chi connectivity index (χ2n) is 4.52. The average molecular weight is 314 g/mol. The van der Waals surface area contributed by atoms with Gasteiger partial charge < -0.3 is 0 Å². The number of benzene rings is 2. The number of hydrogen-bond donors (Lipinski definition) is 2. The lowest BCUT2D eigenvalue weighted by atomic mass is 10.2. The molecular weight excluding hydrogens is 288 g/mol. The molecule has 0 aliphatic heterocycles. The summed E-state index contributed by atoms with van der Waals surface area (Å²) in [5, 5.41) is 10.8. The first-order chi connectivity index (χ1) is 10.4. The summed E-state index contributed by atoms with van der Waals surface area (Å²) in [5.41, 5.74) is 5.35. The lowest BCUT2D eigenvalue weighted by Crippen LogP contribution is -1.71. The van der Waals surface area contributed by atoms with Gasteiger partial charge in [-0.3, -0.25) is 0 Å². The van der Waals surface area contributed by atoms with Crippen molar-refractivity contribution in [3.05, 3.63) is 70.8 Å². The zero-order chi connectivity index (χ0) is 17.4. The Morgan fingerprint density at radius 1 is 0.652 bits per heavy atom. The highest BCUT2D eigenvalue weighted by Gasteiger charge is 1.81. The van der Waals surface area contributed by atoms with Crippen molar-refractivity contribution in [2.45, 2.75) is 35.1 Å². The van der Waals surface area contributed by atoms with Gasteiger partial charge in [-0.15, -0.1) is 0 Å². The van der Waals surface area contributed by atoms with E-state index in [1.54, 1.807) is 0 Å². The first-order valence-corrected chi connectivity index (χ1v) is 6.55. The summed E-state index contributed by atoms with van der Waals surface area (Å²) in [6.45, 7) is 8.42. The second-order valence-corrected chi connectivity index (χ2v) is 4.52. The van der Waals surface area contributed by atoms with E-state index in [0.29, 0.717) is 0 Å². The predicted octanol–water partition coefficient (Wildman–Crippen LogP) is 5.04. The Kier molecular flexibility index (Phi) is 18.9. The van der Waals surface area contributed by atoms with E-state index in [4.69, 9.17) is 20.4 Å². The van der Waals surface area contributed by atoms with Gasteiger partial charge in [0.25, 0.3) is 0 Å². The van der Waals surface area contributed by atoms with Crippen LogP contribution in [0.2, 0.25) is 0 Å². The minimum absolute atomic E-state index is 0. The topological polar surface area (TPSA) is 81.8 Å². The minimum atomic E-state index is 0. The van der Waals surface area contributed by atoms with E-state index in [0.717, 1.165) is 12.2 Å². The molecular formula is C19H26N2O2. The highest BCUT2D eigenvalue weighted by Crippen LogP contribution is 2.00. The van der Waals surface area contributed by atoms with E-state index in [1.807, 2.05) is 0 Å². The number of rotatable bonds is 0. The monoisotopic (exact) mass is 314 g/mol. The first-order valence-electron chi connectivity index (χ1n) is 6.55. The third-order valence-corrected chi connectivity index (χ3v) is 2.35. The van der Waals surface area contributed by atoms with Crippen LogP contribution in [0.5, 0.6) is 0 Å². The molecule has 0 unspecified atom stereocenters. The fourth-order valence-electron chi connectivity index (χ4n) is 1.61. The molecule has 0 aliphatic rings. The van der Waals surface area contributed by atoms with E-state index in [9.17, 15) is 0 Å². The van der Waals surface area contributed by atoms with E-state index < -0.39 is 0 Å². The Labute approximate surface area is 139 Å². The fraction of sp³-hybridized carbons (Fsp3) is 0.263. The van der Waals surface area contributed by atoms with Crippen LogP contribution in [0, 0.1) is 38.5 Å². The molecule has 2 aromatic rings. The molecule has 0 saturated carbocycles. The lowest BCUT2D eigenvalue weighted by Gasteiger charge is -1.90. The molecule has 0 heterocycles. The number of hydrogen-bond acceptors (Lipinski definition) is 4. The Bertz CT molecular complexity index is 520. The van der Waals surface area contributed by atoms with Crippen LogP contribution >= 0.6 is 0 Å². The molecule has 2 N–H and O–H groups in total. The fourth-order valence-corrected chi connectivity index (χ4v) is 1.61. The Balaban J connectivity index is -0.000000253. The SMILES string of the molecule is C.Cc1cccc(C)c1.Cc1cccc(C)c1.N=C=O.N=C=O. The normalized spacial score (nSPS) is 7.13. The zero-order valence-corrected chi connectivity index (χ0v) is 13.4. The molecule has 0 saturated heterocycles. The standard InChI is InChI=1S/2C8H10.2CHNO.CH4/c2*1-7-4-3-5-8(2)6-7;2*2-1-3;/h2*3-6H,1-2H3;2*2H;1H4. The van der Waals surface area contributed by atoms with Gasteiger partial charge in [0.1, 0.15) is 0 Å². The van der Waals surface area contributed by atoms with Crippen molar-refractivity contribution in [2.24, 2.45) is 0 Å². The summed E-state index contributed by atoms with van der Waals surface area (Å²) >= 11 is 0. The third kappa shape index (κ3) is 19.2. The minimum Gasteiger partial charge on any atom is -0.222 e. The molecule has 2 rings (SSSR count). The number of carbonyl (C=O) groups excluding carboxylic acids is 2. The molecule has 4 heteroatoms. The first kappa shape index (κ1) is 25.2. The van der Waals surface area contributed by atoms with Gasteiger partial charge in [0.05, 0.1) is 0 Å². The summed E-state index contributed by atoms with van der Waals surface area (Å²) in [6.07, 6.45) is 1.50. The van der Waals surface area contributed by atoms with Crippen LogP contribution in [-0.2, 0) is 9.59 Å². The van der Waals surface area contributed by atoms with Crippen LogP contribution in [0.25, 0.3) is 0 Å². The maximum atomic E-state index is 8.35. The Morgan fingerprint density at radius 2 is 0.826 bits per heavy atom. The van der Waals surface area contributed by atoms with Gasteiger partial charge in [-0.2, -0.15) is 0 Å².